The molecule has 150 valence electrons. The molecule has 0 amide bonds. The number of carbonyl (C=O) groups is 1. The number of nitrogens with one attached hydrogen (secondary N) is 2. The Bertz CT molecular complexity index is 1020. The highest BCUT2D eigenvalue weighted by Gasteiger charge is 2.22. The van der Waals surface area contributed by atoms with Crippen LogP contribution < -0.4 is 5.32 Å². The molecule has 2 heterocycles. The molecule has 4 N–H and O–H groups in total. The highest BCUT2D eigenvalue weighted by molar-refractivity contribution is 5.94. The normalized spacial score (nSPS) is 18.9. The van der Waals surface area contributed by atoms with E-state index in [2.05, 4.69) is 22.5 Å². The molecule has 29 heavy (non-hydrogen) atoms. The van der Waals surface area contributed by atoms with Gasteiger partial charge in [-0.3, -0.25) is 0 Å². The number of aryl methyl sites for hydroxylation is 1. The smallest absolute Gasteiger partial charge is 0.335 e. The Morgan fingerprint density at radius 3 is 2.72 bits per heavy atom. The van der Waals surface area contributed by atoms with E-state index in [-0.39, 0.29) is 0 Å². The van der Waals surface area contributed by atoms with E-state index in [0.29, 0.717) is 23.3 Å². The second kappa shape index (κ2) is 8.53. The van der Waals surface area contributed by atoms with Gasteiger partial charge in [0, 0.05) is 35.6 Å². The molecular weight excluding hydrogens is 364 g/mol. The van der Waals surface area contributed by atoms with Gasteiger partial charge in [-0.25, -0.2) is 4.79 Å². The van der Waals surface area contributed by atoms with Crippen LogP contribution in [0.2, 0.25) is 0 Å². The fourth-order valence-electron chi connectivity index (χ4n) is 4.21. The van der Waals surface area contributed by atoms with Crippen molar-refractivity contribution in [3.8, 4) is 5.75 Å². The molecular formula is C24H26N2O3. The number of aromatic amines is 1. The third-order valence-corrected chi connectivity index (χ3v) is 5.78. The Labute approximate surface area is 170 Å². The Kier molecular flexibility index (Phi) is 5.67. The average Bonchev–Trinajstić information content (AvgIpc) is 3.14. The quantitative estimate of drug-likeness (QED) is 0.351. The fourth-order valence-corrected chi connectivity index (χ4v) is 4.21. The molecule has 4 rings (SSSR count). The van der Waals surface area contributed by atoms with E-state index in [1.54, 1.807) is 24.3 Å². The van der Waals surface area contributed by atoms with Crippen molar-refractivity contribution in [2.45, 2.75) is 37.6 Å². The second-order valence-corrected chi connectivity index (χ2v) is 7.69. The SMILES string of the molecule is O=C(O)c1ccc2[nH]cc(CCCCC3NCC=CC3c3ccc(O)cc3)c2c1. The number of aromatic nitrogens is 1. The molecule has 1 aromatic heterocycles. The van der Waals surface area contributed by atoms with Gasteiger partial charge in [0.05, 0.1) is 5.56 Å². The first-order chi connectivity index (χ1) is 14.1. The molecule has 0 saturated heterocycles. The maximum absolute atomic E-state index is 11.2. The van der Waals surface area contributed by atoms with Crippen LogP contribution in [0.25, 0.3) is 10.9 Å². The average molecular weight is 390 g/mol. The van der Waals surface area contributed by atoms with Crippen LogP contribution in [0.1, 0.15) is 46.7 Å². The van der Waals surface area contributed by atoms with Crippen LogP contribution >= 0.6 is 0 Å². The zero-order chi connectivity index (χ0) is 20.2. The summed E-state index contributed by atoms with van der Waals surface area (Å²) in [5.74, 6) is -0.283. The van der Waals surface area contributed by atoms with Crippen LogP contribution in [-0.2, 0) is 6.42 Å². The summed E-state index contributed by atoms with van der Waals surface area (Å²) in [4.78, 5) is 14.5. The molecule has 0 radical (unpaired) electrons. The van der Waals surface area contributed by atoms with Crippen LogP contribution in [0.5, 0.6) is 5.75 Å². The molecule has 0 saturated carbocycles. The van der Waals surface area contributed by atoms with Crippen LogP contribution in [0, 0.1) is 0 Å². The molecule has 0 aliphatic carbocycles. The molecule has 0 spiro atoms. The minimum absolute atomic E-state index is 0.294. The lowest BCUT2D eigenvalue weighted by molar-refractivity contribution is 0.0697. The van der Waals surface area contributed by atoms with E-state index >= 15 is 0 Å². The number of rotatable bonds is 7. The molecule has 2 atom stereocenters. The molecule has 1 aliphatic heterocycles. The van der Waals surface area contributed by atoms with Crippen molar-refractivity contribution in [2.24, 2.45) is 0 Å². The minimum Gasteiger partial charge on any atom is -0.508 e. The van der Waals surface area contributed by atoms with Crippen molar-refractivity contribution in [1.82, 2.24) is 10.3 Å². The molecule has 0 bridgehead atoms. The van der Waals surface area contributed by atoms with Crippen molar-refractivity contribution >= 4 is 16.9 Å². The van der Waals surface area contributed by atoms with Crippen LogP contribution in [0.15, 0.2) is 60.8 Å². The zero-order valence-electron chi connectivity index (χ0n) is 16.3. The topological polar surface area (TPSA) is 85.3 Å². The number of hydrogen-bond donors (Lipinski definition) is 4. The molecule has 3 aromatic rings. The summed E-state index contributed by atoms with van der Waals surface area (Å²) >= 11 is 0. The van der Waals surface area contributed by atoms with E-state index in [1.807, 2.05) is 24.4 Å². The fraction of sp³-hybridized carbons (Fsp3) is 0.292. The number of H-pyrrole nitrogens is 1. The first-order valence-corrected chi connectivity index (χ1v) is 10.1. The summed E-state index contributed by atoms with van der Waals surface area (Å²) in [5.41, 5.74) is 3.70. The third-order valence-electron chi connectivity index (χ3n) is 5.78. The number of fused-ring (bicyclic) bond motifs is 1. The highest BCUT2D eigenvalue weighted by atomic mass is 16.4. The van der Waals surface area contributed by atoms with Gasteiger partial charge in [0.1, 0.15) is 5.75 Å². The van der Waals surface area contributed by atoms with Gasteiger partial charge in [0.2, 0.25) is 0 Å². The van der Waals surface area contributed by atoms with Crippen molar-refractivity contribution in [3.63, 3.8) is 0 Å². The van der Waals surface area contributed by atoms with Gasteiger partial charge in [0.15, 0.2) is 0 Å². The van der Waals surface area contributed by atoms with Crippen molar-refractivity contribution in [3.05, 3.63) is 77.5 Å². The predicted molar refractivity (Wildman–Crippen MR) is 115 cm³/mol. The number of phenols is 1. The Morgan fingerprint density at radius 1 is 1.10 bits per heavy atom. The summed E-state index contributed by atoms with van der Waals surface area (Å²) in [6, 6.07) is 13.1. The van der Waals surface area contributed by atoms with Crippen LogP contribution in [-0.4, -0.2) is 33.8 Å². The summed E-state index contributed by atoms with van der Waals surface area (Å²) in [7, 11) is 0. The van der Waals surface area contributed by atoms with E-state index in [9.17, 15) is 15.0 Å². The van der Waals surface area contributed by atoms with Gasteiger partial charge in [-0.05, 0) is 60.7 Å². The lowest BCUT2D eigenvalue weighted by atomic mass is 9.86. The molecule has 2 unspecified atom stereocenters. The molecule has 5 heteroatoms. The van der Waals surface area contributed by atoms with Gasteiger partial charge in [0.25, 0.3) is 0 Å². The number of carboxylic acids is 1. The number of benzene rings is 2. The summed E-state index contributed by atoms with van der Waals surface area (Å²) in [6.07, 6.45) is 10.6. The largest absolute Gasteiger partial charge is 0.508 e. The Morgan fingerprint density at radius 2 is 1.93 bits per heavy atom. The first kappa shape index (κ1) is 19.3. The first-order valence-electron chi connectivity index (χ1n) is 10.1. The number of carboxylic acid groups (broad SMARTS) is 1. The summed E-state index contributed by atoms with van der Waals surface area (Å²) < 4.78 is 0. The predicted octanol–water partition coefficient (Wildman–Crippen LogP) is 4.60. The second-order valence-electron chi connectivity index (χ2n) is 7.69. The zero-order valence-corrected chi connectivity index (χ0v) is 16.3. The maximum atomic E-state index is 11.2. The summed E-state index contributed by atoms with van der Waals surface area (Å²) in [6.45, 7) is 0.889. The monoisotopic (exact) mass is 390 g/mol. The van der Waals surface area contributed by atoms with E-state index in [1.165, 1.54) is 11.1 Å². The Balaban J connectivity index is 1.37. The number of phenolic OH excluding ortho intramolecular Hbond substituents is 1. The van der Waals surface area contributed by atoms with Gasteiger partial charge in [-0.15, -0.1) is 0 Å². The number of aromatic hydroxyl groups is 1. The van der Waals surface area contributed by atoms with Gasteiger partial charge in [-0.2, -0.15) is 0 Å². The van der Waals surface area contributed by atoms with Crippen LogP contribution in [0.4, 0.5) is 0 Å². The molecule has 2 aromatic carbocycles. The molecule has 0 fully saturated rings. The molecule has 5 nitrogen and oxygen atoms in total. The Hall–Kier alpha value is -3.05. The van der Waals surface area contributed by atoms with Gasteiger partial charge >= 0.3 is 5.97 Å². The standard InChI is InChI=1S/C24H26N2O3/c27-19-10-7-16(8-11-19)20-5-3-13-25-22(20)6-2-1-4-18-15-26-23-12-9-17(24(28)29)14-21(18)23/h3,5,7-12,14-15,20,22,25-27H,1-2,4,6,13H2,(H,28,29). The van der Waals surface area contributed by atoms with Gasteiger partial charge < -0.3 is 20.5 Å². The van der Waals surface area contributed by atoms with Crippen molar-refractivity contribution in [1.29, 1.82) is 0 Å². The van der Waals surface area contributed by atoms with Crippen LogP contribution in [0.3, 0.4) is 0 Å². The highest BCUT2D eigenvalue weighted by Crippen LogP contribution is 2.28. The lowest BCUT2D eigenvalue weighted by Crippen LogP contribution is -2.37. The van der Waals surface area contributed by atoms with E-state index in [4.69, 9.17) is 0 Å². The van der Waals surface area contributed by atoms with E-state index < -0.39 is 5.97 Å². The lowest BCUT2D eigenvalue weighted by Gasteiger charge is -2.29. The van der Waals surface area contributed by atoms with Crippen molar-refractivity contribution < 1.29 is 15.0 Å². The number of hydrogen-bond acceptors (Lipinski definition) is 3. The number of aromatic carboxylic acids is 1. The van der Waals surface area contributed by atoms with E-state index in [0.717, 1.165) is 43.1 Å². The van der Waals surface area contributed by atoms with Gasteiger partial charge in [-0.1, -0.05) is 30.7 Å². The maximum Gasteiger partial charge on any atom is 0.335 e. The number of unbranched alkanes of at least 4 members (excludes halogenated alkanes) is 1. The molecule has 1 aliphatic rings. The minimum atomic E-state index is -0.893. The third kappa shape index (κ3) is 4.35. The summed E-state index contributed by atoms with van der Waals surface area (Å²) in [5, 5.41) is 23.4. The van der Waals surface area contributed by atoms with Crippen molar-refractivity contribution in [2.75, 3.05) is 6.54 Å².